The zero-order valence-corrected chi connectivity index (χ0v) is 14.6. The van der Waals surface area contributed by atoms with E-state index in [4.69, 9.17) is 10.5 Å². The van der Waals surface area contributed by atoms with Crippen LogP contribution in [0.3, 0.4) is 0 Å². The summed E-state index contributed by atoms with van der Waals surface area (Å²) >= 11 is 3.38. The number of halogens is 1. The molecule has 1 aromatic heterocycles. The molecular formula is C19H15BrN2O2. The molecule has 0 unspecified atom stereocenters. The number of methoxy groups -OCH3 is 1. The van der Waals surface area contributed by atoms with Crippen molar-refractivity contribution >= 4 is 21.8 Å². The number of ether oxygens (including phenoxy) is 1. The molecular weight excluding hydrogens is 368 g/mol. The largest absolute Gasteiger partial charge is 0.497 e. The summed E-state index contributed by atoms with van der Waals surface area (Å²) < 4.78 is 5.62. The Morgan fingerprint density at radius 1 is 1.04 bits per heavy atom. The van der Waals surface area contributed by atoms with Crippen LogP contribution in [0.5, 0.6) is 5.75 Å². The highest BCUT2D eigenvalue weighted by molar-refractivity contribution is 9.10. The molecule has 4 nitrogen and oxygen atoms in total. The third kappa shape index (κ3) is 3.16. The molecule has 120 valence electrons. The lowest BCUT2D eigenvalue weighted by atomic mass is 9.98. The lowest BCUT2D eigenvalue weighted by Crippen LogP contribution is -2.14. The van der Waals surface area contributed by atoms with E-state index in [-0.39, 0.29) is 0 Å². The minimum Gasteiger partial charge on any atom is -0.497 e. The van der Waals surface area contributed by atoms with Crippen molar-refractivity contribution in [1.82, 2.24) is 4.98 Å². The maximum absolute atomic E-state index is 11.9. The number of rotatable bonds is 4. The summed E-state index contributed by atoms with van der Waals surface area (Å²) in [6.07, 6.45) is 0. The predicted octanol–water partition coefficient (Wildman–Crippen LogP) is 4.29. The first-order valence-corrected chi connectivity index (χ1v) is 8.09. The van der Waals surface area contributed by atoms with Gasteiger partial charge in [-0.25, -0.2) is 4.98 Å². The Labute approximate surface area is 148 Å². The van der Waals surface area contributed by atoms with Crippen molar-refractivity contribution in [3.8, 4) is 28.1 Å². The van der Waals surface area contributed by atoms with Gasteiger partial charge in [-0.2, -0.15) is 0 Å². The van der Waals surface area contributed by atoms with Crippen molar-refractivity contribution in [2.24, 2.45) is 5.73 Å². The number of amides is 1. The van der Waals surface area contributed by atoms with Crippen molar-refractivity contribution < 1.29 is 9.53 Å². The van der Waals surface area contributed by atoms with Crippen molar-refractivity contribution in [3.63, 3.8) is 0 Å². The highest BCUT2D eigenvalue weighted by Gasteiger charge is 2.17. The molecule has 2 aromatic carbocycles. The van der Waals surface area contributed by atoms with Crippen molar-refractivity contribution in [1.29, 1.82) is 0 Å². The number of nitrogens with zero attached hydrogens (tertiary/aromatic N) is 1. The SMILES string of the molecule is COc1ccc(-c2cc(-c3ccccc3)nc(Br)c2C(N)=O)cc1. The molecule has 3 rings (SSSR count). The van der Waals surface area contributed by atoms with E-state index >= 15 is 0 Å². The maximum Gasteiger partial charge on any atom is 0.252 e. The fourth-order valence-electron chi connectivity index (χ4n) is 2.50. The number of benzene rings is 2. The Morgan fingerprint density at radius 3 is 2.29 bits per heavy atom. The van der Waals surface area contributed by atoms with Gasteiger partial charge in [0.15, 0.2) is 0 Å². The van der Waals surface area contributed by atoms with Gasteiger partial charge in [-0.1, -0.05) is 42.5 Å². The van der Waals surface area contributed by atoms with Crippen LogP contribution in [0.4, 0.5) is 0 Å². The van der Waals surface area contributed by atoms with Crippen LogP contribution in [0.2, 0.25) is 0 Å². The third-order valence-electron chi connectivity index (χ3n) is 3.69. The average molecular weight is 383 g/mol. The second-order valence-corrected chi connectivity index (χ2v) is 5.93. The molecule has 0 fully saturated rings. The molecule has 0 saturated heterocycles. The number of aromatic nitrogens is 1. The molecule has 1 amide bonds. The van der Waals surface area contributed by atoms with Gasteiger partial charge in [0, 0.05) is 5.56 Å². The highest BCUT2D eigenvalue weighted by Crippen LogP contribution is 2.33. The van der Waals surface area contributed by atoms with Gasteiger partial charge in [0.1, 0.15) is 10.4 Å². The Balaban J connectivity index is 2.21. The summed E-state index contributed by atoms with van der Waals surface area (Å²) in [5.74, 6) is 0.218. The Bertz CT molecular complexity index is 878. The first-order valence-electron chi connectivity index (χ1n) is 7.30. The summed E-state index contributed by atoms with van der Waals surface area (Å²) in [6, 6.07) is 19.1. The molecule has 0 bridgehead atoms. The van der Waals surface area contributed by atoms with Crippen LogP contribution in [0.1, 0.15) is 10.4 Å². The quantitative estimate of drug-likeness (QED) is 0.684. The first kappa shape index (κ1) is 16.2. The first-order chi connectivity index (χ1) is 11.6. The van der Waals surface area contributed by atoms with Gasteiger partial charge >= 0.3 is 0 Å². The molecule has 24 heavy (non-hydrogen) atoms. The van der Waals surface area contributed by atoms with Crippen LogP contribution in [0.15, 0.2) is 65.3 Å². The molecule has 2 N–H and O–H groups in total. The molecule has 1 heterocycles. The summed E-state index contributed by atoms with van der Waals surface area (Å²) in [4.78, 5) is 16.4. The lowest BCUT2D eigenvalue weighted by Gasteiger charge is -2.12. The maximum atomic E-state index is 11.9. The smallest absolute Gasteiger partial charge is 0.252 e. The minimum absolute atomic E-state index is 0.361. The Kier molecular flexibility index (Phi) is 4.62. The van der Waals surface area contributed by atoms with Gasteiger partial charge in [-0.05, 0) is 45.3 Å². The van der Waals surface area contributed by atoms with Crippen LogP contribution in [0, 0.1) is 0 Å². The highest BCUT2D eigenvalue weighted by atomic mass is 79.9. The summed E-state index contributed by atoms with van der Waals surface area (Å²) in [5.41, 5.74) is 9.24. The van der Waals surface area contributed by atoms with Crippen LogP contribution >= 0.6 is 15.9 Å². The van der Waals surface area contributed by atoms with E-state index in [1.807, 2.05) is 60.7 Å². The summed E-state index contributed by atoms with van der Waals surface area (Å²) in [6.45, 7) is 0. The van der Waals surface area contributed by atoms with Crippen molar-refractivity contribution in [2.45, 2.75) is 0 Å². The fourth-order valence-corrected chi connectivity index (χ4v) is 3.10. The number of carbonyl (C=O) groups is 1. The summed E-state index contributed by atoms with van der Waals surface area (Å²) in [7, 11) is 1.61. The van der Waals surface area contributed by atoms with E-state index in [0.717, 1.165) is 28.1 Å². The monoisotopic (exact) mass is 382 g/mol. The van der Waals surface area contributed by atoms with E-state index in [0.29, 0.717) is 10.2 Å². The molecule has 0 radical (unpaired) electrons. The average Bonchev–Trinajstić information content (AvgIpc) is 2.61. The van der Waals surface area contributed by atoms with E-state index in [1.54, 1.807) is 7.11 Å². The summed E-state index contributed by atoms with van der Waals surface area (Å²) in [5, 5.41) is 0. The Morgan fingerprint density at radius 2 is 1.71 bits per heavy atom. The molecule has 0 aliphatic heterocycles. The fraction of sp³-hybridized carbons (Fsp3) is 0.0526. The number of hydrogen-bond acceptors (Lipinski definition) is 3. The van der Waals surface area contributed by atoms with E-state index in [9.17, 15) is 4.79 Å². The third-order valence-corrected chi connectivity index (χ3v) is 4.27. The van der Waals surface area contributed by atoms with Gasteiger partial charge in [-0.15, -0.1) is 0 Å². The number of hydrogen-bond donors (Lipinski definition) is 1. The second kappa shape index (κ2) is 6.84. The number of carbonyl (C=O) groups excluding carboxylic acids is 1. The van der Waals surface area contributed by atoms with Crippen molar-refractivity contribution in [3.05, 3.63) is 70.8 Å². The van der Waals surface area contributed by atoms with Gasteiger partial charge in [0.05, 0.1) is 18.4 Å². The van der Waals surface area contributed by atoms with Gasteiger partial charge in [0.25, 0.3) is 5.91 Å². The normalized spacial score (nSPS) is 10.4. The van der Waals surface area contributed by atoms with Gasteiger partial charge in [-0.3, -0.25) is 4.79 Å². The molecule has 0 atom stereocenters. The number of nitrogens with two attached hydrogens (primary N) is 1. The molecule has 0 spiro atoms. The molecule has 0 saturated carbocycles. The van der Waals surface area contributed by atoms with Crippen LogP contribution in [-0.2, 0) is 0 Å². The predicted molar refractivity (Wildman–Crippen MR) is 97.9 cm³/mol. The van der Waals surface area contributed by atoms with E-state index in [2.05, 4.69) is 20.9 Å². The van der Waals surface area contributed by atoms with Crippen molar-refractivity contribution in [2.75, 3.05) is 7.11 Å². The standard InChI is InChI=1S/C19H15BrN2O2/c1-24-14-9-7-12(8-10-14)15-11-16(13-5-3-2-4-6-13)22-18(20)17(15)19(21)23/h2-11H,1H3,(H2,21,23). The zero-order chi connectivity index (χ0) is 17.1. The van der Waals surface area contributed by atoms with E-state index in [1.165, 1.54) is 0 Å². The van der Waals surface area contributed by atoms with Crippen LogP contribution in [-0.4, -0.2) is 18.0 Å². The van der Waals surface area contributed by atoms with Gasteiger partial charge < -0.3 is 10.5 Å². The van der Waals surface area contributed by atoms with Crippen LogP contribution in [0.25, 0.3) is 22.4 Å². The van der Waals surface area contributed by atoms with Gasteiger partial charge in [0.2, 0.25) is 0 Å². The topological polar surface area (TPSA) is 65.2 Å². The Hall–Kier alpha value is -2.66. The van der Waals surface area contributed by atoms with E-state index < -0.39 is 5.91 Å². The minimum atomic E-state index is -0.528. The molecule has 0 aliphatic rings. The second-order valence-electron chi connectivity index (χ2n) is 5.18. The number of primary amides is 1. The molecule has 0 aliphatic carbocycles. The zero-order valence-electron chi connectivity index (χ0n) is 13.0. The molecule has 5 heteroatoms. The van der Waals surface area contributed by atoms with Crippen LogP contribution < -0.4 is 10.5 Å². The molecule has 3 aromatic rings. The lowest BCUT2D eigenvalue weighted by molar-refractivity contribution is 0.1000. The number of pyridine rings is 1.